The minimum atomic E-state index is -0.622. The molecule has 0 spiro atoms. The number of hydrogen-bond acceptors (Lipinski definition) is 2. The van der Waals surface area contributed by atoms with E-state index in [1.807, 2.05) is 25.1 Å². The van der Waals surface area contributed by atoms with Crippen LogP contribution in [0.4, 0.5) is 14.9 Å². The van der Waals surface area contributed by atoms with Gasteiger partial charge >= 0.3 is 6.03 Å². The molecule has 2 aromatic carbocycles. The molecule has 6 heteroatoms. The molecule has 3 rings (SSSR count). The van der Waals surface area contributed by atoms with Crippen LogP contribution in [0.3, 0.4) is 0 Å². The zero-order chi connectivity index (χ0) is 17.1. The number of anilines is 1. The second-order valence-electron chi connectivity index (χ2n) is 5.57. The van der Waals surface area contributed by atoms with Crippen LogP contribution in [0.2, 0.25) is 5.02 Å². The second-order valence-corrected chi connectivity index (χ2v) is 5.97. The maximum Gasteiger partial charge on any atom is 0.322 e. The van der Waals surface area contributed by atoms with Crippen molar-refractivity contribution in [2.45, 2.75) is 19.9 Å². The number of hydrogen-bond donors (Lipinski definition) is 1. The van der Waals surface area contributed by atoms with Crippen LogP contribution in [0, 0.1) is 5.82 Å². The molecule has 0 aromatic heterocycles. The third-order valence-electron chi connectivity index (χ3n) is 3.98. The summed E-state index contributed by atoms with van der Waals surface area (Å²) in [5.41, 5.74) is 2.34. The number of halogens is 2. The number of urea groups is 1. The molecule has 0 atom stereocenters. The molecule has 0 saturated carbocycles. The number of amides is 2. The average Bonchev–Trinajstić information content (AvgIpc) is 2.58. The second kappa shape index (κ2) is 7.09. The van der Waals surface area contributed by atoms with Crippen LogP contribution < -0.4 is 10.1 Å². The highest BCUT2D eigenvalue weighted by Gasteiger charge is 2.22. The molecule has 126 valence electrons. The Bertz CT molecular complexity index is 767. The molecule has 2 amide bonds. The third kappa shape index (κ3) is 3.46. The lowest BCUT2D eigenvalue weighted by Crippen LogP contribution is -2.39. The maximum atomic E-state index is 13.9. The molecule has 2 aromatic rings. The number of ether oxygens (including phenoxy) is 1. The summed E-state index contributed by atoms with van der Waals surface area (Å²) in [7, 11) is 0. The number of nitrogens with one attached hydrogen (secondary N) is 1. The van der Waals surface area contributed by atoms with Gasteiger partial charge in [-0.2, -0.15) is 0 Å². The Hall–Kier alpha value is -2.27. The molecule has 24 heavy (non-hydrogen) atoms. The van der Waals surface area contributed by atoms with Gasteiger partial charge in [0, 0.05) is 13.1 Å². The van der Waals surface area contributed by atoms with E-state index < -0.39 is 5.82 Å². The fourth-order valence-corrected chi connectivity index (χ4v) is 2.93. The first-order chi connectivity index (χ1) is 11.6. The summed E-state index contributed by atoms with van der Waals surface area (Å²) in [6, 6.07) is 10.1. The largest absolute Gasteiger partial charge is 0.494 e. The first-order valence-corrected chi connectivity index (χ1v) is 8.21. The quantitative estimate of drug-likeness (QED) is 0.889. The fourth-order valence-electron chi connectivity index (χ4n) is 2.76. The minimum absolute atomic E-state index is 0.0156. The number of carbonyl (C=O) groups is 1. The molecule has 1 aliphatic heterocycles. The van der Waals surface area contributed by atoms with Crippen molar-refractivity contribution in [1.82, 2.24) is 4.90 Å². The molecule has 4 nitrogen and oxygen atoms in total. The normalized spacial score (nSPS) is 13.4. The maximum absolute atomic E-state index is 13.9. The van der Waals surface area contributed by atoms with Gasteiger partial charge in [0.2, 0.25) is 0 Å². The number of nitrogens with zero attached hydrogens (tertiary/aromatic N) is 1. The first kappa shape index (κ1) is 16.6. The Morgan fingerprint density at radius 1 is 1.33 bits per heavy atom. The highest BCUT2D eigenvalue weighted by molar-refractivity contribution is 6.31. The SMILES string of the molecule is CCOc1ccc2c(c1)CN(C(=O)Nc1cccc(Cl)c1F)CC2. The molecule has 1 N–H and O–H groups in total. The van der Waals surface area contributed by atoms with Gasteiger partial charge in [-0.05, 0) is 48.7 Å². The third-order valence-corrected chi connectivity index (χ3v) is 4.27. The van der Waals surface area contributed by atoms with Crippen molar-refractivity contribution < 1.29 is 13.9 Å². The van der Waals surface area contributed by atoms with E-state index in [1.165, 1.54) is 17.7 Å². The molecule has 1 aliphatic rings. The molecular weight excluding hydrogens is 331 g/mol. The Labute approximate surface area is 145 Å². The Kier molecular flexibility index (Phi) is 4.90. The summed E-state index contributed by atoms with van der Waals surface area (Å²) in [4.78, 5) is 14.1. The lowest BCUT2D eigenvalue weighted by molar-refractivity contribution is 0.206. The standard InChI is InChI=1S/C18H18ClFN2O2/c1-2-24-14-7-6-12-8-9-22(11-13(12)10-14)18(23)21-16-5-3-4-15(19)17(16)20/h3-7,10H,2,8-9,11H2,1H3,(H,21,23). The van der Waals surface area contributed by atoms with Crippen molar-refractivity contribution >= 4 is 23.3 Å². The summed E-state index contributed by atoms with van der Waals surface area (Å²) >= 11 is 5.74. The van der Waals surface area contributed by atoms with Crippen molar-refractivity contribution in [3.05, 3.63) is 58.4 Å². The van der Waals surface area contributed by atoms with Gasteiger partial charge in [0.05, 0.1) is 17.3 Å². The van der Waals surface area contributed by atoms with Gasteiger partial charge in [0.1, 0.15) is 5.75 Å². The lowest BCUT2D eigenvalue weighted by Gasteiger charge is -2.29. The lowest BCUT2D eigenvalue weighted by atomic mass is 10.00. The smallest absolute Gasteiger partial charge is 0.322 e. The monoisotopic (exact) mass is 348 g/mol. The molecule has 1 heterocycles. The van der Waals surface area contributed by atoms with Crippen LogP contribution in [0.25, 0.3) is 0 Å². The van der Waals surface area contributed by atoms with E-state index in [9.17, 15) is 9.18 Å². The molecule has 0 saturated heterocycles. The predicted octanol–water partition coefficient (Wildman–Crippen LogP) is 4.47. The van der Waals surface area contributed by atoms with Crippen LogP contribution >= 0.6 is 11.6 Å². The van der Waals surface area contributed by atoms with Crippen LogP contribution in [-0.4, -0.2) is 24.1 Å². The van der Waals surface area contributed by atoms with Crippen LogP contribution in [0.1, 0.15) is 18.1 Å². The Balaban J connectivity index is 1.73. The van der Waals surface area contributed by atoms with Gasteiger partial charge in [-0.25, -0.2) is 9.18 Å². The van der Waals surface area contributed by atoms with Crippen LogP contribution in [-0.2, 0) is 13.0 Å². The molecule has 0 radical (unpaired) electrons. The zero-order valence-electron chi connectivity index (χ0n) is 13.3. The van der Waals surface area contributed by atoms with E-state index in [0.29, 0.717) is 19.7 Å². The topological polar surface area (TPSA) is 41.6 Å². The Morgan fingerprint density at radius 3 is 2.96 bits per heavy atom. The molecule has 0 fully saturated rings. The van der Waals surface area contributed by atoms with Crippen molar-refractivity contribution in [2.75, 3.05) is 18.5 Å². The highest BCUT2D eigenvalue weighted by atomic mass is 35.5. The van der Waals surface area contributed by atoms with E-state index in [4.69, 9.17) is 16.3 Å². The van der Waals surface area contributed by atoms with Gasteiger partial charge in [-0.15, -0.1) is 0 Å². The van der Waals surface area contributed by atoms with Crippen molar-refractivity contribution in [3.63, 3.8) is 0 Å². The van der Waals surface area contributed by atoms with Crippen molar-refractivity contribution in [3.8, 4) is 5.75 Å². The minimum Gasteiger partial charge on any atom is -0.494 e. The molecule has 0 aliphatic carbocycles. The van der Waals surface area contributed by atoms with Crippen molar-refractivity contribution in [1.29, 1.82) is 0 Å². The van der Waals surface area contributed by atoms with Gasteiger partial charge in [-0.3, -0.25) is 0 Å². The zero-order valence-corrected chi connectivity index (χ0v) is 14.1. The summed E-state index contributed by atoms with van der Waals surface area (Å²) in [6.07, 6.45) is 0.757. The van der Waals surface area contributed by atoms with E-state index in [0.717, 1.165) is 17.7 Å². The van der Waals surface area contributed by atoms with Crippen LogP contribution in [0.5, 0.6) is 5.75 Å². The van der Waals surface area contributed by atoms with Gasteiger partial charge < -0.3 is 15.0 Å². The van der Waals surface area contributed by atoms with Crippen LogP contribution in [0.15, 0.2) is 36.4 Å². The molecular formula is C18H18ClFN2O2. The Morgan fingerprint density at radius 2 is 2.17 bits per heavy atom. The van der Waals surface area contributed by atoms with E-state index in [1.54, 1.807) is 11.0 Å². The number of carbonyl (C=O) groups excluding carboxylic acids is 1. The summed E-state index contributed by atoms with van der Waals surface area (Å²) in [5, 5.41) is 2.57. The first-order valence-electron chi connectivity index (χ1n) is 7.83. The van der Waals surface area contributed by atoms with E-state index in [2.05, 4.69) is 5.32 Å². The van der Waals surface area contributed by atoms with Gasteiger partial charge in [-0.1, -0.05) is 23.7 Å². The molecule has 0 unspecified atom stereocenters. The predicted molar refractivity (Wildman–Crippen MR) is 92.2 cm³/mol. The fraction of sp³-hybridized carbons (Fsp3) is 0.278. The average molecular weight is 349 g/mol. The van der Waals surface area contributed by atoms with E-state index >= 15 is 0 Å². The summed E-state index contributed by atoms with van der Waals surface area (Å²) in [6.45, 7) is 3.56. The molecule has 0 bridgehead atoms. The van der Waals surface area contributed by atoms with Crippen molar-refractivity contribution in [2.24, 2.45) is 0 Å². The summed E-state index contributed by atoms with van der Waals surface area (Å²) in [5.74, 6) is 0.169. The number of fused-ring (bicyclic) bond motifs is 1. The van der Waals surface area contributed by atoms with Gasteiger partial charge in [0.25, 0.3) is 0 Å². The van der Waals surface area contributed by atoms with E-state index in [-0.39, 0.29) is 16.7 Å². The number of rotatable bonds is 3. The number of benzene rings is 2. The highest BCUT2D eigenvalue weighted by Crippen LogP contribution is 2.26. The summed E-state index contributed by atoms with van der Waals surface area (Å²) < 4.78 is 19.4. The van der Waals surface area contributed by atoms with Gasteiger partial charge in [0.15, 0.2) is 5.82 Å².